The highest BCUT2D eigenvalue weighted by Gasteiger charge is 2.38. The van der Waals surface area contributed by atoms with Crippen LogP contribution in [-0.4, -0.2) is 64.9 Å². The van der Waals surface area contributed by atoms with Gasteiger partial charge in [0.15, 0.2) is 6.33 Å². The van der Waals surface area contributed by atoms with Crippen LogP contribution in [0.2, 0.25) is 0 Å². The molecule has 3 N–H and O–H groups in total. The fourth-order valence-corrected chi connectivity index (χ4v) is 4.56. The molecule has 0 saturated carbocycles. The van der Waals surface area contributed by atoms with Gasteiger partial charge in [-0.1, -0.05) is 81.4 Å². The summed E-state index contributed by atoms with van der Waals surface area (Å²) in [4.78, 5) is 22.0. The van der Waals surface area contributed by atoms with Gasteiger partial charge in [0.05, 0.1) is 18.3 Å². The van der Waals surface area contributed by atoms with Gasteiger partial charge < -0.3 is 20.3 Å². The van der Waals surface area contributed by atoms with E-state index in [9.17, 15) is 9.90 Å². The summed E-state index contributed by atoms with van der Waals surface area (Å²) < 4.78 is 2.13. The number of carbonyl (C=O) groups is 1. The van der Waals surface area contributed by atoms with Crippen molar-refractivity contribution in [3.63, 3.8) is 0 Å². The third-order valence-corrected chi connectivity index (χ3v) is 6.41. The van der Waals surface area contributed by atoms with Gasteiger partial charge in [-0.05, 0) is 22.6 Å². The molecule has 0 radical (unpaired) electrons. The number of aliphatic hydroxyl groups is 1. The van der Waals surface area contributed by atoms with E-state index in [2.05, 4.69) is 59.1 Å². The highest BCUT2D eigenvalue weighted by molar-refractivity contribution is 5.76. The first-order valence-corrected chi connectivity index (χ1v) is 12.8. The van der Waals surface area contributed by atoms with E-state index >= 15 is 0 Å². The second-order valence-corrected chi connectivity index (χ2v) is 10.5. The Morgan fingerprint density at radius 3 is 2.37 bits per heavy atom. The molecule has 2 heterocycles. The van der Waals surface area contributed by atoms with Gasteiger partial charge >= 0.3 is 0 Å². The maximum absolute atomic E-state index is 13.8. The van der Waals surface area contributed by atoms with E-state index in [1.807, 2.05) is 48.5 Å². The van der Waals surface area contributed by atoms with E-state index in [-0.39, 0.29) is 24.5 Å². The third kappa shape index (κ3) is 6.70. The summed E-state index contributed by atoms with van der Waals surface area (Å²) in [5, 5.41) is 21.2. The topological polar surface area (TPSA) is 128 Å². The number of rotatable bonds is 11. The minimum absolute atomic E-state index is 0.0636. The summed E-state index contributed by atoms with van der Waals surface area (Å²) in [6, 6.07) is 19.4. The van der Waals surface area contributed by atoms with E-state index in [1.54, 1.807) is 4.90 Å². The van der Waals surface area contributed by atoms with Crippen LogP contribution in [0.1, 0.15) is 44.6 Å². The van der Waals surface area contributed by atoms with Crippen LogP contribution in [0.5, 0.6) is 0 Å². The van der Waals surface area contributed by atoms with Gasteiger partial charge in [-0.2, -0.15) is 4.80 Å². The molecule has 2 atom stereocenters. The van der Waals surface area contributed by atoms with Crippen LogP contribution in [0.25, 0.3) is 11.3 Å². The molecule has 200 valence electrons. The molecule has 4 aromatic rings. The minimum atomic E-state index is -0.445. The fourth-order valence-electron chi connectivity index (χ4n) is 4.56. The number of aromatic nitrogens is 6. The molecule has 0 unspecified atom stereocenters. The maximum atomic E-state index is 13.8. The molecule has 0 aliphatic heterocycles. The number of imidazole rings is 1. The van der Waals surface area contributed by atoms with Gasteiger partial charge in [0.2, 0.25) is 5.91 Å². The highest BCUT2D eigenvalue weighted by atomic mass is 16.3. The molecule has 2 aromatic carbocycles. The molecule has 4 rings (SSSR count). The molecule has 0 spiro atoms. The molecule has 10 heteroatoms. The summed E-state index contributed by atoms with van der Waals surface area (Å²) in [5.74, 6) is 0.598. The fraction of sp³-hybridized carbons (Fsp3) is 0.393. The molecule has 0 fully saturated rings. The number of tetrazole rings is 1. The molecule has 0 aliphatic carbocycles. The van der Waals surface area contributed by atoms with Crippen molar-refractivity contribution in [2.24, 2.45) is 11.1 Å². The molecule has 10 nitrogen and oxygen atoms in total. The number of nitrogens with two attached hydrogens (primary N) is 1. The van der Waals surface area contributed by atoms with Crippen molar-refractivity contribution in [3.05, 3.63) is 84.6 Å². The second kappa shape index (κ2) is 12.1. The predicted molar refractivity (Wildman–Crippen MR) is 145 cm³/mol. The first-order valence-electron chi connectivity index (χ1n) is 12.8. The van der Waals surface area contributed by atoms with Crippen LogP contribution in [0.15, 0.2) is 73.2 Å². The molecular weight excluding hydrogens is 480 g/mol. The van der Waals surface area contributed by atoms with Crippen molar-refractivity contribution in [3.8, 4) is 11.3 Å². The van der Waals surface area contributed by atoms with Crippen LogP contribution in [0.4, 0.5) is 0 Å². The lowest BCUT2D eigenvalue weighted by Crippen LogP contribution is -2.46. The zero-order valence-corrected chi connectivity index (χ0v) is 22.2. The zero-order valence-electron chi connectivity index (χ0n) is 22.2. The van der Waals surface area contributed by atoms with Crippen LogP contribution in [-0.2, 0) is 17.9 Å². The number of hydrogen-bond acceptors (Lipinski definition) is 7. The first kappa shape index (κ1) is 27.2. The van der Waals surface area contributed by atoms with Gasteiger partial charge in [0.1, 0.15) is 12.4 Å². The van der Waals surface area contributed by atoms with Gasteiger partial charge in [-0.15, -0.1) is 10.2 Å². The average Bonchev–Trinajstić information content (AvgIpc) is 3.56. The summed E-state index contributed by atoms with van der Waals surface area (Å²) in [7, 11) is 0. The Morgan fingerprint density at radius 1 is 1.08 bits per heavy atom. The Bertz CT molecular complexity index is 1280. The van der Waals surface area contributed by atoms with Crippen LogP contribution in [0.3, 0.4) is 0 Å². The van der Waals surface area contributed by atoms with Crippen molar-refractivity contribution in [1.29, 1.82) is 0 Å². The van der Waals surface area contributed by atoms with Gasteiger partial charge in [0, 0.05) is 30.9 Å². The standard InChI is InChI=1S/C28H36N8O2/c1-28(2,3)26(35(15-14-23(29)19-37)25(38)18-36-31-20-30-33-36)27-32-24(22-12-8-5-9-13-22)17-34(27)16-21-10-6-4-7-11-21/h4-13,17,20,23,26,37H,14-16,18-19,29H2,1-3H3/t23-,26-/m0/s1. The Kier molecular flexibility index (Phi) is 8.65. The van der Waals surface area contributed by atoms with Gasteiger partial charge in [0.25, 0.3) is 0 Å². The monoisotopic (exact) mass is 516 g/mol. The SMILES string of the molecule is CC(C)(C)[C@H](c1nc(-c2ccccc2)cn1Cc1ccccc1)N(CC[C@H](N)CO)C(=O)Cn1ncnn1. The van der Waals surface area contributed by atoms with Crippen LogP contribution < -0.4 is 5.73 Å². The van der Waals surface area contributed by atoms with Crippen molar-refractivity contribution in [2.45, 2.75) is 52.4 Å². The van der Waals surface area contributed by atoms with Crippen molar-refractivity contribution in [1.82, 2.24) is 34.7 Å². The lowest BCUT2D eigenvalue weighted by molar-refractivity contribution is -0.138. The van der Waals surface area contributed by atoms with Crippen molar-refractivity contribution >= 4 is 5.91 Å². The number of benzene rings is 2. The number of amides is 1. The first-order chi connectivity index (χ1) is 18.3. The Labute approximate surface area is 223 Å². The third-order valence-electron chi connectivity index (χ3n) is 6.41. The molecule has 0 aliphatic rings. The smallest absolute Gasteiger partial charge is 0.246 e. The minimum Gasteiger partial charge on any atom is -0.395 e. The van der Waals surface area contributed by atoms with Crippen LogP contribution >= 0.6 is 0 Å². The van der Waals surface area contributed by atoms with E-state index < -0.39 is 12.1 Å². The lowest BCUT2D eigenvalue weighted by atomic mass is 9.84. The molecule has 1 amide bonds. The van der Waals surface area contributed by atoms with E-state index in [0.29, 0.717) is 19.5 Å². The number of hydrogen-bond donors (Lipinski definition) is 2. The van der Waals surface area contributed by atoms with E-state index in [4.69, 9.17) is 10.7 Å². The highest BCUT2D eigenvalue weighted by Crippen LogP contribution is 2.39. The number of aliphatic hydroxyl groups excluding tert-OH is 1. The van der Waals surface area contributed by atoms with Crippen molar-refractivity contribution < 1.29 is 9.90 Å². The summed E-state index contributed by atoms with van der Waals surface area (Å²) in [5.41, 5.74) is 8.65. The quantitative estimate of drug-likeness (QED) is 0.314. The summed E-state index contributed by atoms with van der Waals surface area (Å²) >= 11 is 0. The Balaban J connectivity index is 1.81. The molecular formula is C28H36N8O2. The van der Waals surface area contributed by atoms with Gasteiger partial charge in [-0.25, -0.2) is 4.98 Å². The normalized spacial score (nSPS) is 13.3. The van der Waals surface area contributed by atoms with Crippen molar-refractivity contribution in [2.75, 3.05) is 13.2 Å². The maximum Gasteiger partial charge on any atom is 0.246 e. The average molecular weight is 517 g/mol. The zero-order chi connectivity index (χ0) is 27.1. The Hall–Kier alpha value is -3.89. The lowest BCUT2D eigenvalue weighted by Gasteiger charge is -2.40. The molecule has 0 bridgehead atoms. The largest absolute Gasteiger partial charge is 0.395 e. The van der Waals surface area contributed by atoms with E-state index in [1.165, 1.54) is 11.1 Å². The summed E-state index contributed by atoms with van der Waals surface area (Å²) in [6.07, 6.45) is 3.79. The Morgan fingerprint density at radius 2 is 1.76 bits per heavy atom. The number of carbonyl (C=O) groups excluding carboxylic acids is 1. The predicted octanol–water partition coefficient (Wildman–Crippen LogP) is 2.91. The molecule has 38 heavy (non-hydrogen) atoms. The second-order valence-electron chi connectivity index (χ2n) is 10.5. The summed E-state index contributed by atoms with van der Waals surface area (Å²) in [6.45, 7) is 7.02. The van der Waals surface area contributed by atoms with Gasteiger partial charge in [-0.3, -0.25) is 4.79 Å². The molecule has 2 aromatic heterocycles. The van der Waals surface area contributed by atoms with Crippen LogP contribution in [0, 0.1) is 5.41 Å². The number of nitrogens with zero attached hydrogens (tertiary/aromatic N) is 7. The van der Waals surface area contributed by atoms with E-state index in [0.717, 1.165) is 22.6 Å². The molecule has 0 saturated heterocycles.